The first-order chi connectivity index (χ1) is 14.6. The molecule has 3 amide bonds. The number of alkyl halides is 1. The van der Waals surface area contributed by atoms with Crippen LogP contribution in [-0.2, 0) is 4.79 Å². The van der Waals surface area contributed by atoms with Gasteiger partial charge in [-0.05, 0) is 31.4 Å². The van der Waals surface area contributed by atoms with Gasteiger partial charge in [0.05, 0.1) is 30.0 Å². The second-order valence-corrected chi connectivity index (χ2v) is 8.67. The molecule has 8 heteroatoms. The summed E-state index contributed by atoms with van der Waals surface area (Å²) in [6.45, 7) is 1.62. The molecule has 7 nitrogen and oxygen atoms in total. The molecule has 2 aromatic rings. The quantitative estimate of drug-likeness (QED) is 0.772. The number of halogens is 1. The molecule has 0 spiro atoms. The first kappa shape index (κ1) is 19.3. The standard InChI is InChI=1S/C22H28FN5O2/c23-16-9-10-25(14-16)21(29)15-26-11-12-27(22(26)30)19-7-4-8-20-18(19)13-24-28(20)17-5-2-1-3-6-17/h4,7-8,13,16-17H,1-3,5-6,9-12,14-15H2/t16-/m0/s1. The van der Waals surface area contributed by atoms with Gasteiger partial charge in [-0.3, -0.25) is 14.4 Å². The summed E-state index contributed by atoms with van der Waals surface area (Å²) in [5.74, 6) is -0.173. The number of nitrogens with zero attached hydrogens (tertiary/aromatic N) is 5. The first-order valence-corrected chi connectivity index (χ1v) is 11.1. The predicted molar refractivity (Wildman–Crippen MR) is 112 cm³/mol. The second kappa shape index (κ2) is 7.89. The van der Waals surface area contributed by atoms with Crippen LogP contribution in [0.3, 0.4) is 0 Å². The number of benzene rings is 1. The molecule has 0 N–H and O–H groups in total. The Bertz CT molecular complexity index is 954. The van der Waals surface area contributed by atoms with Gasteiger partial charge in [-0.25, -0.2) is 9.18 Å². The highest BCUT2D eigenvalue weighted by Crippen LogP contribution is 2.34. The average Bonchev–Trinajstić information content (AvgIpc) is 3.48. The molecule has 0 radical (unpaired) electrons. The molecular formula is C22H28FN5O2. The minimum atomic E-state index is -0.946. The Hall–Kier alpha value is -2.64. The summed E-state index contributed by atoms with van der Waals surface area (Å²) >= 11 is 0. The highest BCUT2D eigenvalue weighted by molar-refractivity contribution is 6.04. The van der Waals surface area contributed by atoms with Gasteiger partial charge in [0.25, 0.3) is 0 Å². The van der Waals surface area contributed by atoms with E-state index < -0.39 is 6.17 Å². The molecule has 2 saturated heterocycles. The molecule has 0 bridgehead atoms. The topological polar surface area (TPSA) is 61.7 Å². The van der Waals surface area contributed by atoms with E-state index in [1.165, 1.54) is 24.2 Å². The van der Waals surface area contributed by atoms with Crippen LogP contribution < -0.4 is 4.90 Å². The Morgan fingerprint density at radius 3 is 2.70 bits per heavy atom. The molecule has 2 aliphatic heterocycles. The molecule has 5 rings (SSSR count). The van der Waals surface area contributed by atoms with Crippen molar-refractivity contribution < 1.29 is 14.0 Å². The van der Waals surface area contributed by atoms with Crippen LogP contribution in [0.15, 0.2) is 24.4 Å². The van der Waals surface area contributed by atoms with Crippen LogP contribution >= 0.6 is 0 Å². The van der Waals surface area contributed by atoms with E-state index in [1.54, 1.807) is 9.80 Å². The number of anilines is 1. The smallest absolute Gasteiger partial charge is 0.325 e. The second-order valence-electron chi connectivity index (χ2n) is 8.67. The number of carbonyl (C=O) groups is 2. The SMILES string of the molecule is O=C(CN1CCN(c2cccc3c2cnn3C2CCCCC2)C1=O)N1CC[C@H](F)C1. The Balaban J connectivity index is 1.34. The third-order valence-electron chi connectivity index (χ3n) is 6.73. The fourth-order valence-corrected chi connectivity index (χ4v) is 5.07. The van der Waals surface area contributed by atoms with Crippen molar-refractivity contribution in [3.05, 3.63) is 24.4 Å². The van der Waals surface area contributed by atoms with Crippen molar-refractivity contribution in [2.45, 2.75) is 50.7 Å². The molecule has 3 aliphatic rings. The third kappa shape index (κ3) is 3.42. The lowest BCUT2D eigenvalue weighted by Gasteiger charge is -2.23. The van der Waals surface area contributed by atoms with Crippen LogP contribution in [0.25, 0.3) is 10.9 Å². The van der Waals surface area contributed by atoms with Crippen LogP contribution in [0, 0.1) is 0 Å². The van der Waals surface area contributed by atoms with Gasteiger partial charge in [-0.15, -0.1) is 0 Å². The van der Waals surface area contributed by atoms with E-state index in [2.05, 4.69) is 15.8 Å². The molecule has 1 aromatic carbocycles. The molecule has 1 saturated carbocycles. The molecule has 0 unspecified atom stereocenters. The predicted octanol–water partition coefficient (Wildman–Crippen LogP) is 3.35. The molecule has 3 heterocycles. The van der Waals surface area contributed by atoms with E-state index in [0.29, 0.717) is 32.1 Å². The molecule has 160 valence electrons. The van der Waals surface area contributed by atoms with E-state index in [4.69, 9.17) is 0 Å². The summed E-state index contributed by atoms with van der Waals surface area (Å²) in [6, 6.07) is 6.26. The molecular weight excluding hydrogens is 385 g/mol. The summed E-state index contributed by atoms with van der Waals surface area (Å²) in [6.07, 6.45) is 7.37. The minimum Gasteiger partial charge on any atom is -0.338 e. The highest BCUT2D eigenvalue weighted by atomic mass is 19.1. The number of fused-ring (bicyclic) bond motifs is 1. The van der Waals surface area contributed by atoms with Crippen molar-refractivity contribution in [1.82, 2.24) is 19.6 Å². The number of likely N-dealkylation sites (tertiary alicyclic amines) is 1. The fraction of sp³-hybridized carbons (Fsp3) is 0.591. The zero-order chi connectivity index (χ0) is 20.7. The van der Waals surface area contributed by atoms with Crippen LogP contribution in [0.4, 0.5) is 14.9 Å². The Kier molecular flexibility index (Phi) is 5.08. The lowest BCUT2D eigenvalue weighted by atomic mass is 9.95. The zero-order valence-corrected chi connectivity index (χ0v) is 17.2. The number of hydrogen-bond donors (Lipinski definition) is 0. The first-order valence-electron chi connectivity index (χ1n) is 11.1. The summed E-state index contributed by atoms with van der Waals surface area (Å²) in [5.41, 5.74) is 1.91. The minimum absolute atomic E-state index is 0.0133. The normalized spacial score (nSPS) is 23.2. The number of hydrogen-bond acceptors (Lipinski definition) is 3. The number of rotatable bonds is 4. The largest absolute Gasteiger partial charge is 0.338 e. The number of aromatic nitrogens is 2. The van der Waals surface area contributed by atoms with Crippen molar-refractivity contribution in [3.63, 3.8) is 0 Å². The van der Waals surface area contributed by atoms with Crippen molar-refractivity contribution in [1.29, 1.82) is 0 Å². The van der Waals surface area contributed by atoms with Crippen LogP contribution in [-0.4, -0.2) is 70.4 Å². The van der Waals surface area contributed by atoms with Crippen molar-refractivity contribution >= 4 is 28.5 Å². The molecule has 1 aromatic heterocycles. The average molecular weight is 413 g/mol. The number of urea groups is 1. The van der Waals surface area contributed by atoms with Crippen LogP contribution in [0.1, 0.15) is 44.6 Å². The van der Waals surface area contributed by atoms with Gasteiger partial charge in [0.1, 0.15) is 12.7 Å². The van der Waals surface area contributed by atoms with Crippen molar-refractivity contribution in [2.75, 3.05) is 37.6 Å². The van der Waals surface area contributed by atoms with E-state index >= 15 is 0 Å². The van der Waals surface area contributed by atoms with Crippen molar-refractivity contribution in [2.24, 2.45) is 0 Å². The summed E-state index contributed by atoms with van der Waals surface area (Å²) in [5, 5.41) is 5.65. The van der Waals surface area contributed by atoms with Gasteiger partial charge >= 0.3 is 6.03 Å². The Morgan fingerprint density at radius 1 is 1.10 bits per heavy atom. The lowest BCUT2D eigenvalue weighted by Crippen LogP contribution is -2.41. The van der Waals surface area contributed by atoms with Gasteiger partial charge < -0.3 is 9.80 Å². The van der Waals surface area contributed by atoms with Crippen LogP contribution in [0.2, 0.25) is 0 Å². The fourth-order valence-electron chi connectivity index (χ4n) is 5.07. The van der Waals surface area contributed by atoms with E-state index in [9.17, 15) is 14.0 Å². The van der Waals surface area contributed by atoms with Gasteiger partial charge in [-0.2, -0.15) is 5.10 Å². The molecule has 1 aliphatic carbocycles. The van der Waals surface area contributed by atoms with Gasteiger partial charge in [-0.1, -0.05) is 25.3 Å². The maximum absolute atomic E-state index is 13.4. The number of carbonyl (C=O) groups excluding carboxylic acids is 2. The Labute approximate surface area is 175 Å². The zero-order valence-electron chi connectivity index (χ0n) is 17.2. The van der Waals surface area contributed by atoms with Gasteiger partial charge in [0.15, 0.2) is 0 Å². The van der Waals surface area contributed by atoms with E-state index in [-0.39, 0.29) is 25.0 Å². The monoisotopic (exact) mass is 413 g/mol. The Morgan fingerprint density at radius 2 is 1.93 bits per heavy atom. The van der Waals surface area contributed by atoms with E-state index in [1.807, 2.05) is 18.3 Å². The van der Waals surface area contributed by atoms with Gasteiger partial charge in [0, 0.05) is 25.0 Å². The summed E-state index contributed by atoms with van der Waals surface area (Å²) < 4.78 is 15.5. The van der Waals surface area contributed by atoms with Crippen molar-refractivity contribution in [3.8, 4) is 0 Å². The maximum Gasteiger partial charge on any atom is 0.325 e. The number of amides is 3. The van der Waals surface area contributed by atoms with E-state index in [0.717, 1.165) is 29.4 Å². The molecule has 1 atom stereocenters. The lowest BCUT2D eigenvalue weighted by molar-refractivity contribution is -0.130. The summed E-state index contributed by atoms with van der Waals surface area (Å²) in [4.78, 5) is 30.3. The summed E-state index contributed by atoms with van der Waals surface area (Å²) in [7, 11) is 0. The molecule has 30 heavy (non-hydrogen) atoms. The maximum atomic E-state index is 13.4. The third-order valence-corrected chi connectivity index (χ3v) is 6.73. The highest BCUT2D eigenvalue weighted by Gasteiger charge is 2.34. The molecule has 3 fully saturated rings. The van der Waals surface area contributed by atoms with Crippen LogP contribution in [0.5, 0.6) is 0 Å². The van der Waals surface area contributed by atoms with Gasteiger partial charge in [0.2, 0.25) is 5.91 Å².